The highest BCUT2D eigenvalue weighted by atomic mass is 35.5. The Morgan fingerprint density at radius 3 is 2.64 bits per heavy atom. The number of allylic oxidation sites excluding steroid dienone is 1. The van der Waals surface area contributed by atoms with Crippen LogP contribution in [0.5, 0.6) is 0 Å². The zero-order valence-corrected chi connectivity index (χ0v) is 19.3. The lowest BCUT2D eigenvalue weighted by Crippen LogP contribution is -2.36. The Morgan fingerprint density at radius 1 is 1.15 bits per heavy atom. The first kappa shape index (κ1) is 23.1. The van der Waals surface area contributed by atoms with Crippen molar-refractivity contribution in [3.8, 4) is 11.3 Å². The standard InChI is InChI=1S/C19H17ClFN3O.C6H10N2/c1-12-2-4-15-17(22-12)11-18(24-6-8-25-9-7-24)23-19(15)14-5-3-13(20)10-16(14)21;7-4-1-5-8-6-2-3-6/h2-5,10-11H,6-9H2,1H3;1,4-6H,2-3,7H2/b;4-1-,8-5?. The maximum atomic E-state index is 14.5. The molecule has 0 spiro atoms. The third-order valence-electron chi connectivity index (χ3n) is 5.37. The maximum Gasteiger partial charge on any atom is 0.134 e. The highest BCUT2D eigenvalue weighted by molar-refractivity contribution is 6.30. The van der Waals surface area contributed by atoms with Gasteiger partial charge in [0.1, 0.15) is 11.6 Å². The molecule has 33 heavy (non-hydrogen) atoms. The largest absolute Gasteiger partial charge is 0.405 e. The summed E-state index contributed by atoms with van der Waals surface area (Å²) in [6.45, 7) is 4.77. The van der Waals surface area contributed by atoms with Crippen molar-refractivity contribution >= 4 is 34.5 Å². The van der Waals surface area contributed by atoms with Gasteiger partial charge in [0.05, 0.1) is 30.5 Å². The molecule has 0 amide bonds. The SMILES string of the molecule is Cc1ccc2c(-c3ccc(Cl)cc3F)nc(N3CCOCC3)cc2n1.N/C=C\C=NC1CC1. The summed E-state index contributed by atoms with van der Waals surface area (Å²) in [6.07, 6.45) is 7.52. The molecule has 2 aromatic heterocycles. The summed E-state index contributed by atoms with van der Waals surface area (Å²) in [5.74, 6) is 0.402. The number of anilines is 1. The molecule has 2 fully saturated rings. The van der Waals surface area contributed by atoms with Gasteiger partial charge in [-0.3, -0.25) is 9.98 Å². The molecule has 2 aliphatic rings. The Balaban J connectivity index is 0.000000275. The summed E-state index contributed by atoms with van der Waals surface area (Å²) >= 11 is 5.90. The first-order chi connectivity index (χ1) is 16.0. The molecular formula is C25H27ClFN5O. The number of morpholine rings is 1. The molecule has 1 saturated carbocycles. The van der Waals surface area contributed by atoms with Crippen LogP contribution in [0.2, 0.25) is 5.02 Å². The molecule has 172 valence electrons. The smallest absolute Gasteiger partial charge is 0.134 e. The van der Waals surface area contributed by atoms with Gasteiger partial charge in [0, 0.05) is 47.0 Å². The lowest BCUT2D eigenvalue weighted by molar-refractivity contribution is 0.122. The molecule has 5 rings (SSSR count). The number of aromatic nitrogens is 2. The summed E-state index contributed by atoms with van der Waals surface area (Å²) in [6, 6.07) is 11.1. The van der Waals surface area contributed by atoms with Gasteiger partial charge in [-0.1, -0.05) is 11.6 Å². The van der Waals surface area contributed by atoms with Crippen molar-refractivity contribution in [2.24, 2.45) is 10.7 Å². The number of aryl methyl sites for hydroxylation is 1. The van der Waals surface area contributed by atoms with Crippen LogP contribution in [0.25, 0.3) is 22.2 Å². The van der Waals surface area contributed by atoms with E-state index in [0.717, 1.165) is 35.5 Å². The summed E-state index contributed by atoms with van der Waals surface area (Å²) in [5, 5.41) is 1.19. The van der Waals surface area contributed by atoms with Gasteiger partial charge in [-0.15, -0.1) is 0 Å². The van der Waals surface area contributed by atoms with Crippen molar-refractivity contribution in [3.63, 3.8) is 0 Å². The fraction of sp³-hybridized carbons (Fsp3) is 0.320. The van der Waals surface area contributed by atoms with Crippen LogP contribution in [0.15, 0.2) is 53.7 Å². The molecule has 6 nitrogen and oxygen atoms in total. The number of fused-ring (bicyclic) bond motifs is 1. The number of hydrogen-bond donors (Lipinski definition) is 1. The Morgan fingerprint density at radius 2 is 1.94 bits per heavy atom. The molecule has 3 heterocycles. The van der Waals surface area contributed by atoms with Crippen LogP contribution in [0.1, 0.15) is 18.5 Å². The molecule has 2 N–H and O–H groups in total. The first-order valence-electron chi connectivity index (χ1n) is 11.0. The van der Waals surface area contributed by atoms with Crippen LogP contribution in [0.3, 0.4) is 0 Å². The topological polar surface area (TPSA) is 76.6 Å². The van der Waals surface area contributed by atoms with Gasteiger partial charge in [0.25, 0.3) is 0 Å². The Kier molecular flexibility index (Phi) is 7.52. The van der Waals surface area contributed by atoms with E-state index in [9.17, 15) is 4.39 Å². The molecule has 0 atom stereocenters. The minimum Gasteiger partial charge on any atom is -0.405 e. The molecule has 0 bridgehead atoms. The quantitative estimate of drug-likeness (QED) is 0.551. The molecular weight excluding hydrogens is 441 g/mol. The normalized spacial score (nSPS) is 16.4. The number of aliphatic imine (C=N–C) groups is 1. The molecule has 1 aliphatic carbocycles. The number of benzene rings is 1. The summed E-state index contributed by atoms with van der Waals surface area (Å²) < 4.78 is 20.0. The second kappa shape index (κ2) is 10.7. The van der Waals surface area contributed by atoms with E-state index in [4.69, 9.17) is 27.1 Å². The predicted molar refractivity (Wildman–Crippen MR) is 133 cm³/mol. The molecule has 1 aliphatic heterocycles. The fourth-order valence-corrected chi connectivity index (χ4v) is 3.66. The van der Waals surface area contributed by atoms with E-state index in [0.29, 0.717) is 35.5 Å². The van der Waals surface area contributed by atoms with Gasteiger partial charge < -0.3 is 15.4 Å². The van der Waals surface area contributed by atoms with Crippen LogP contribution in [0.4, 0.5) is 10.2 Å². The van der Waals surface area contributed by atoms with Crippen LogP contribution in [-0.4, -0.2) is 48.5 Å². The van der Waals surface area contributed by atoms with Crippen LogP contribution < -0.4 is 10.6 Å². The highest BCUT2D eigenvalue weighted by Crippen LogP contribution is 2.32. The van der Waals surface area contributed by atoms with E-state index in [-0.39, 0.29) is 5.82 Å². The monoisotopic (exact) mass is 467 g/mol. The van der Waals surface area contributed by atoms with E-state index in [2.05, 4.69) is 14.9 Å². The van der Waals surface area contributed by atoms with Gasteiger partial charge in [-0.25, -0.2) is 9.37 Å². The van der Waals surface area contributed by atoms with Gasteiger partial charge in [0.15, 0.2) is 0 Å². The average Bonchev–Trinajstić information content (AvgIpc) is 3.64. The number of rotatable bonds is 4. The second-order valence-electron chi connectivity index (χ2n) is 7.99. The van der Waals surface area contributed by atoms with Gasteiger partial charge in [0.2, 0.25) is 0 Å². The minimum atomic E-state index is -0.388. The lowest BCUT2D eigenvalue weighted by atomic mass is 10.1. The number of hydrogen-bond acceptors (Lipinski definition) is 6. The van der Waals surface area contributed by atoms with Gasteiger partial charge in [-0.05, 0) is 62.4 Å². The summed E-state index contributed by atoms with van der Waals surface area (Å²) in [5.41, 5.74) is 7.79. The Bertz CT molecular complexity index is 1170. The Labute approximate surface area is 198 Å². The van der Waals surface area contributed by atoms with E-state index in [1.165, 1.54) is 25.1 Å². The lowest BCUT2D eigenvalue weighted by Gasteiger charge is -2.28. The summed E-state index contributed by atoms with van der Waals surface area (Å²) in [4.78, 5) is 15.7. The summed E-state index contributed by atoms with van der Waals surface area (Å²) in [7, 11) is 0. The third-order valence-corrected chi connectivity index (χ3v) is 5.61. The number of pyridine rings is 2. The van der Waals surface area contributed by atoms with Crippen LogP contribution >= 0.6 is 11.6 Å². The molecule has 1 aromatic carbocycles. The van der Waals surface area contributed by atoms with Crippen molar-refractivity contribution < 1.29 is 9.13 Å². The molecule has 0 unspecified atom stereocenters. The fourth-order valence-electron chi connectivity index (χ4n) is 3.50. The zero-order chi connectivity index (χ0) is 23.2. The van der Waals surface area contributed by atoms with Crippen molar-refractivity contribution in [3.05, 3.63) is 65.2 Å². The second-order valence-corrected chi connectivity index (χ2v) is 8.42. The van der Waals surface area contributed by atoms with Crippen molar-refractivity contribution in [1.29, 1.82) is 0 Å². The number of halogens is 2. The van der Waals surface area contributed by atoms with E-state index in [1.807, 2.05) is 25.1 Å². The van der Waals surface area contributed by atoms with Crippen LogP contribution in [-0.2, 0) is 4.74 Å². The number of nitrogens with zero attached hydrogens (tertiary/aromatic N) is 4. The maximum absolute atomic E-state index is 14.5. The third kappa shape index (κ3) is 6.06. The number of nitrogens with two attached hydrogens (primary N) is 1. The number of ether oxygens (including phenoxy) is 1. The van der Waals surface area contributed by atoms with Gasteiger partial charge >= 0.3 is 0 Å². The molecule has 0 radical (unpaired) electrons. The minimum absolute atomic E-state index is 0.365. The van der Waals surface area contributed by atoms with Crippen molar-refractivity contribution in [2.45, 2.75) is 25.8 Å². The molecule has 1 saturated heterocycles. The average molecular weight is 468 g/mol. The van der Waals surface area contributed by atoms with Crippen molar-refractivity contribution in [2.75, 3.05) is 31.2 Å². The van der Waals surface area contributed by atoms with Crippen LogP contribution in [0, 0.1) is 12.7 Å². The molecule has 3 aromatic rings. The van der Waals surface area contributed by atoms with Gasteiger partial charge in [-0.2, -0.15) is 0 Å². The zero-order valence-electron chi connectivity index (χ0n) is 18.5. The van der Waals surface area contributed by atoms with E-state index in [1.54, 1.807) is 24.4 Å². The Hall–Kier alpha value is -3.03. The van der Waals surface area contributed by atoms with E-state index >= 15 is 0 Å². The van der Waals surface area contributed by atoms with E-state index < -0.39 is 0 Å². The predicted octanol–water partition coefficient (Wildman–Crippen LogP) is 4.93. The highest BCUT2D eigenvalue weighted by Gasteiger charge is 2.19. The first-order valence-corrected chi connectivity index (χ1v) is 11.4. The van der Waals surface area contributed by atoms with Crippen molar-refractivity contribution in [1.82, 2.24) is 9.97 Å². The molecule has 8 heteroatoms.